The van der Waals surface area contributed by atoms with Crippen molar-refractivity contribution in [3.63, 3.8) is 0 Å². The third kappa shape index (κ3) is 3.74. The van der Waals surface area contributed by atoms with Crippen LogP contribution in [0, 0.1) is 6.92 Å². The van der Waals surface area contributed by atoms with Crippen LogP contribution in [0.1, 0.15) is 30.3 Å². The summed E-state index contributed by atoms with van der Waals surface area (Å²) in [4.78, 5) is 24.1. The summed E-state index contributed by atoms with van der Waals surface area (Å²) in [5.74, 6) is 1.39. The predicted molar refractivity (Wildman–Crippen MR) is 117 cm³/mol. The topological polar surface area (TPSA) is 73.1 Å². The van der Waals surface area contributed by atoms with Crippen molar-refractivity contribution in [3.8, 4) is 11.6 Å². The summed E-state index contributed by atoms with van der Waals surface area (Å²) in [6.07, 6.45) is 3.57. The minimum Gasteiger partial charge on any atom is -0.484 e. The van der Waals surface area contributed by atoms with E-state index in [-0.39, 0.29) is 18.6 Å². The van der Waals surface area contributed by atoms with Gasteiger partial charge in [-0.2, -0.15) is 9.78 Å². The molecule has 1 aliphatic rings. The van der Waals surface area contributed by atoms with Gasteiger partial charge in [-0.05, 0) is 56.2 Å². The number of likely N-dealkylation sites (tertiary alicyclic amines) is 1. The lowest BCUT2D eigenvalue weighted by molar-refractivity contribution is -0.134. The third-order valence-corrected chi connectivity index (χ3v) is 5.62. The van der Waals surface area contributed by atoms with Gasteiger partial charge in [0.15, 0.2) is 18.1 Å². The lowest BCUT2D eigenvalue weighted by Crippen LogP contribution is -2.34. The lowest BCUT2D eigenvalue weighted by atomic mass is 10.1. The number of aryl methyl sites for hydroxylation is 1. The molecule has 4 heterocycles. The Kier molecular flexibility index (Phi) is 5.08. The summed E-state index contributed by atoms with van der Waals surface area (Å²) < 4.78 is 7.45. The van der Waals surface area contributed by atoms with Crippen LogP contribution in [-0.4, -0.2) is 43.7 Å². The molecule has 31 heavy (non-hydrogen) atoms. The van der Waals surface area contributed by atoms with Crippen LogP contribution < -0.4 is 4.74 Å². The van der Waals surface area contributed by atoms with E-state index < -0.39 is 0 Å². The number of hydrogen-bond acceptors (Lipinski definition) is 5. The first kappa shape index (κ1) is 19.2. The minimum atomic E-state index is -0.0661. The molecule has 0 radical (unpaired) electrons. The van der Waals surface area contributed by atoms with Gasteiger partial charge in [0.05, 0.1) is 17.4 Å². The fraction of sp³-hybridized carbons (Fsp3) is 0.250. The summed E-state index contributed by atoms with van der Waals surface area (Å²) in [6.45, 7) is 2.70. The van der Waals surface area contributed by atoms with E-state index in [0.29, 0.717) is 12.3 Å². The van der Waals surface area contributed by atoms with Crippen LogP contribution in [0.15, 0.2) is 66.9 Å². The van der Waals surface area contributed by atoms with Gasteiger partial charge in [0, 0.05) is 18.1 Å². The van der Waals surface area contributed by atoms with Crippen LogP contribution in [0.5, 0.6) is 5.75 Å². The molecular weight excluding hydrogens is 390 g/mol. The fourth-order valence-corrected chi connectivity index (χ4v) is 4.10. The Morgan fingerprint density at radius 2 is 1.94 bits per heavy atom. The summed E-state index contributed by atoms with van der Waals surface area (Å²) >= 11 is 0. The van der Waals surface area contributed by atoms with E-state index in [1.165, 1.54) is 0 Å². The van der Waals surface area contributed by atoms with Crippen LogP contribution >= 0.6 is 0 Å². The molecule has 3 aromatic heterocycles. The van der Waals surface area contributed by atoms with Crippen LogP contribution in [0.2, 0.25) is 0 Å². The first-order chi connectivity index (χ1) is 15.2. The molecule has 1 atom stereocenters. The Labute approximate surface area is 180 Å². The van der Waals surface area contributed by atoms with E-state index in [4.69, 9.17) is 9.72 Å². The van der Waals surface area contributed by atoms with Crippen molar-refractivity contribution in [2.75, 3.05) is 13.2 Å². The number of ether oxygens (including phenoxy) is 1. The molecule has 0 aliphatic carbocycles. The maximum atomic E-state index is 12.9. The van der Waals surface area contributed by atoms with E-state index in [1.807, 2.05) is 72.5 Å². The Morgan fingerprint density at radius 1 is 1.10 bits per heavy atom. The van der Waals surface area contributed by atoms with Gasteiger partial charge in [-0.3, -0.25) is 4.79 Å². The van der Waals surface area contributed by atoms with Crippen LogP contribution in [0.3, 0.4) is 0 Å². The molecule has 156 valence electrons. The first-order valence-electron chi connectivity index (χ1n) is 10.5. The second kappa shape index (κ2) is 8.18. The molecule has 0 N–H and O–H groups in total. The van der Waals surface area contributed by atoms with Crippen LogP contribution in [0.25, 0.3) is 16.9 Å². The summed E-state index contributed by atoms with van der Waals surface area (Å²) in [7, 11) is 0. The van der Waals surface area contributed by atoms with Gasteiger partial charge in [-0.15, -0.1) is 0 Å². The molecule has 4 aromatic rings. The number of fused-ring (bicyclic) bond motifs is 1. The smallest absolute Gasteiger partial charge is 0.261 e. The van der Waals surface area contributed by atoms with Gasteiger partial charge in [0.25, 0.3) is 5.91 Å². The molecular formula is C24H23N5O2. The lowest BCUT2D eigenvalue weighted by Gasteiger charge is -2.24. The van der Waals surface area contributed by atoms with E-state index in [2.05, 4.69) is 10.1 Å². The quantitative estimate of drug-likeness (QED) is 0.497. The zero-order valence-electron chi connectivity index (χ0n) is 17.3. The van der Waals surface area contributed by atoms with Gasteiger partial charge < -0.3 is 9.64 Å². The predicted octanol–water partition coefficient (Wildman–Crippen LogP) is 3.87. The Hall–Kier alpha value is -3.74. The fourth-order valence-electron chi connectivity index (χ4n) is 4.10. The molecule has 1 aromatic carbocycles. The minimum absolute atomic E-state index is 0.0216. The highest BCUT2D eigenvalue weighted by atomic mass is 16.5. The normalized spacial score (nSPS) is 16.0. The number of pyridine rings is 2. The molecule has 0 bridgehead atoms. The monoisotopic (exact) mass is 413 g/mol. The van der Waals surface area contributed by atoms with Gasteiger partial charge in [0.2, 0.25) is 0 Å². The van der Waals surface area contributed by atoms with Crippen molar-refractivity contribution in [2.45, 2.75) is 25.8 Å². The van der Waals surface area contributed by atoms with Gasteiger partial charge in [0.1, 0.15) is 5.75 Å². The number of carbonyl (C=O) groups is 1. The van der Waals surface area contributed by atoms with E-state index in [1.54, 1.807) is 10.9 Å². The first-order valence-corrected chi connectivity index (χ1v) is 10.5. The maximum absolute atomic E-state index is 12.9. The molecule has 7 nitrogen and oxygen atoms in total. The number of rotatable bonds is 5. The Morgan fingerprint density at radius 3 is 2.74 bits per heavy atom. The van der Waals surface area contributed by atoms with Gasteiger partial charge >= 0.3 is 0 Å². The maximum Gasteiger partial charge on any atom is 0.261 e. The van der Waals surface area contributed by atoms with Crippen molar-refractivity contribution >= 4 is 16.9 Å². The van der Waals surface area contributed by atoms with Crippen molar-refractivity contribution in [2.24, 2.45) is 0 Å². The highest BCUT2D eigenvalue weighted by molar-refractivity contribution is 5.81. The molecule has 1 saturated heterocycles. The highest BCUT2D eigenvalue weighted by Gasteiger charge is 2.31. The van der Waals surface area contributed by atoms with E-state index in [0.717, 1.165) is 41.1 Å². The second-order valence-electron chi connectivity index (χ2n) is 7.64. The zero-order valence-corrected chi connectivity index (χ0v) is 17.3. The zero-order chi connectivity index (χ0) is 21.2. The molecule has 0 spiro atoms. The molecule has 5 rings (SSSR count). The van der Waals surface area contributed by atoms with Crippen LogP contribution in [-0.2, 0) is 4.79 Å². The largest absolute Gasteiger partial charge is 0.484 e. The SMILES string of the molecule is Cc1nn(-c2ccccn2)c2nc([C@H]3CCCN3C(=O)COc3ccccc3)ccc12. The Bertz CT molecular complexity index is 1210. The van der Waals surface area contributed by atoms with Crippen LogP contribution in [0.4, 0.5) is 0 Å². The second-order valence-corrected chi connectivity index (χ2v) is 7.64. The van der Waals surface area contributed by atoms with Gasteiger partial charge in [-0.25, -0.2) is 9.97 Å². The third-order valence-electron chi connectivity index (χ3n) is 5.62. The summed E-state index contributed by atoms with van der Waals surface area (Å²) in [5, 5.41) is 5.62. The number of nitrogens with zero attached hydrogens (tertiary/aromatic N) is 5. The molecule has 1 fully saturated rings. The van der Waals surface area contributed by atoms with Crippen molar-refractivity contribution < 1.29 is 9.53 Å². The van der Waals surface area contributed by atoms with E-state index >= 15 is 0 Å². The number of amides is 1. The van der Waals surface area contributed by atoms with Gasteiger partial charge in [-0.1, -0.05) is 24.3 Å². The molecule has 1 aliphatic heterocycles. The average Bonchev–Trinajstić information content (AvgIpc) is 3.44. The number of benzene rings is 1. The van der Waals surface area contributed by atoms with Crippen molar-refractivity contribution in [1.82, 2.24) is 24.6 Å². The van der Waals surface area contributed by atoms with Crippen molar-refractivity contribution in [1.29, 1.82) is 0 Å². The molecule has 7 heteroatoms. The number of para-hydroxylation sites is 1. The average molecular weight is 413 g/mol. The van der Waals surface area contributed by atoms with Crippen molar-refractivity contribution in [3.05, 3.63) is 78.2 Å². The number of hydrogen-bond donors (Lipinski definition) is 0. The summed E-state index contributed by atoms with van der Waals surface area (Å²) in [5.41, 5.74) is 2.53. The molecule has 0 unspecified atom stereocenters. The van der Waals surface area contributed by atoms with E-state index in [9.17, 15) is 4.79 Å². The number of carbonyl (C=O) groups excluding carboxylic acids is 1. The molecule has 0 saturated carbocycles. The standard InChI is InChI=1S/C24H23N5O2/c1-17-19-12-13-20(26-24(19)29(27-17)22-11-5-6-14-25-22)21-10-7-15-28(21)23(30)16-31-18-8-3-2-4-9-18/h2-6,8-9,11-14,21H,7,10,15-16H2,1H3/t21-/m1/s1. The molecule has 1 amide bonds. The number of aromatic nitrogens is 4. The summed E-state index contributed by atoms with van der Waals surface area (Å²) in [6, 6.07) is 19.1. The Balaban J connectivity index is 1.42. The highest BCUT2D eigenvalue weighted by Crippen LogP contribution is 2.32.